The Labute approximate surface area is 85.5 Å². The smallest absolute Gasteiger partial charge is 0.107 e. The van der Waals surface area contributed by atoms with Crippen LogP contribution in [0.15, 0.2) is 10.5 Å². The third kappa shape index (κ3) is 1.59. The summed E-state index contributed by atoms with van der Waals surface area (Å²) in [6.45, 7) is 5.04. The van der Waals surface area contributed by atoms with E-state index in [0.29, 0.717) is 11.8 Å². The molecule has 0 bridgehead atoms. The van der Waals surface area contributed by atoms with Crippen LogP contribution in [-0.4, -0.2) is 6.54 Å². The molecule has 1 aliphatic carbocycles. The van der Waals surface area contributed by atoms with Gasteiger partial charge in [-0.3, -0.25) is 0 Å². The van der Waals surface area contributed by atoms with Crippen LogP contribution >= 0.6 is 0 Å². The average Bonchev–Trinajstić information content (AvgIpc) is 2.56. The second-order valence-electron chi connectivity index (χ2n) is 4.45. The van der Waals surface area contributed by atoms with Crippen LogP contribution in [0.3, 0.4) is 0 Å². The average molecular weight is 193 g/mol. The molecule has 2 rings (SSSR count). The highest BCUT2D eigenvalue weighted by atomic mass is 16.3. The molecular weight excluding hydrogens is 174 g/mol. The molecule has 0 aliphatic heterocycles. The zero-order valence-electron chi connectivity index (χ0n) is 9.05. The maximum absolute atomic E-state index is 5.74. The highest BCUT2D eigenvalue weighted by molar-refractivity contribution is 5.28. The van der Waals surface area contributed by atoms with E-state index in [-0.39, 0.29) is 0 Å². The first-order valence-electron chi connectivity index (χ1n) is 5.51. The van der Waals surface area contributed by atoms with Crippen molar-refractivity contribution in [3.8, 4) is 0 Å². The molecule has 14 heavy (non-hydrogen) atoms. The molecule has 0 spiro atoms. The summed E-state index contributed by atoms with van der Waals surface area (Å²) in [6, 6.07) is 2.20. The summed E-state index contributed by atoms with van der Waals surface area (Å²) in [5, 5.41) is 0. The highest BCUT2D eigenvalue weighted by Gasteiger charge is 2.27. The van der Waals surface area contributed by atoms with Gasteiger partial charge in [-0.05, 0) is 49.8 Å². The molecule has 0 saturated carbocycles. The van der Waals surface area contributed by atoms with Crippen molar-refractivity contribution >= 4 is 0 Å². The molecule has 0 fully saturated rings. The quantitative estimate of drug-likeness (QED) is 0.784. The van der Waals surface area contributed by atoms with Crippen LogP contribution in [0.5, 0.6) is 0 Å². The number of aryl methyl sites for hydroxylation is 2. The van der Waals surface area contributed by atoms with E-state index in [0.717, 1.165) is 18.7 Å². The molecule has 0 radical (unpaired) electrons. The van der Waals surface area contributed by atoms with Gasteiger partial charge in [0.25, 0.3) is 0 Å². The summed E-state index contributed by atoms with van der Waals surface area (Å²) < 4.78 is 5.69. The van der Waals surface area contributed by atoms with Crippen LogP contribution < -0.4 is 5.73 Å². The fourth-order valence-corrected chi connectivity index (χ4v) is 2.48. The molecule has 2 nitrogen and oxygen atoms in total. The van der Waals surface area contributed by atoms with Crippen molar-refractivity contribution < 1.29 is 4.42 Å². The van der Waals surface area contributed by atoms with E-state index in [9.17, 15) is 0 Å². The normalized spacial score (nSPS) is 23.2. The van der Waals surface area contributed by atoms with Gasteiger partial charge in [-0.2, -0.15) is 0 Å². The minimum Gasteiger partial charge on any atom is -0.466 e. The van der Waals surface area contributed by atoms with E-state index >= 15 is 0 Å². The molecule has 2 atom stereocenters. The lowest BCUT2D eigenvalue weighted by Gasteiger charge is -2.26. The minimum atomic E-state index is 0.575. The summed E-state index contributed by atoms with van der Waals surface area (Å²) in [5.74, 6) is 3.46. The van der Waals surface area contributed by atoms with Crippen LogP contribution in [0, 0.1) is 12.8 Å². The zero-order chi connectivity index (χ0) is 10.1. The molecule has 1 aliphatic rings. The fourth-order valence-electron chi connectivity index (χ4n) is 2.48. The summed E-state index contributed by atoms with van der Waals surface area (Å²) in [5.41, 5.74) is 7.16. The third-order valence-electron chi connectivity index (χ3n) is 3.34. The summed E-state index contributed by atoms with van der Waals surface area (Å²) >= 11 is 0. The predicted molar refractivity (Wildman–Crippen MR) is 57.3 cm³/mol. The Balaban J connectivity index is 2.30. The minimum absolute atomic E-state index is 0.575. The third-order valence-corrected chi connectivity index (χ3v) is 3.34. The van der Waals surface area contributed by atoms with Gasteiger partial charge in [-0.1, -0.05) is 6.92 Å². The van der Waals surface area contributed by atoms with E-state index in [1.807, 2.05) is 6.92 Å². The Morgan fingerprint density at radius 1 is 1.64 bits per heavy atom. The second-order valence-corrected chi connectivity index (χ2v) is 4.45. The molecule has 0 aromatic carbocycles. The highest BCUT2D eigenvalue weighted by Crippen LogP contribution is 2.38. The molecule has 2 unspecified atom stereocenters. The van der Waals surface area contributed by atoms with Crippen molar-refractivity contribution in [2.75, 3.05) is 6.54 Å². The van der Waals surface area contributed by atoms with Crippen LogP contribution in [0.1, 0.15) is 42.8 Å². The first-order valence-corrected chi connectivity index (χ1v) is 5.51. The lowest BCUT2D eigenvalue weighted by Crippen LogP contribution is -2.21. The van der Waals surface area contributed by atoms with Gasteiger partial charge in [0.15, 0.2) is 0 Å². The van der Waals surface area contributed by atoms with Gasteiger partial charge < -0.3 is 10.2 Å². The van der Waals surface area contributed by atoms with Crippen LogP contribution in [-0.2, 0) is 6.42 Å². The Morgan fingerprint density at radius 2 is 2.43 bits per heavy atom. The van der Waals surface area contributed by atoms with Crippen molar-refractivity contribution in [3.63, 3.8) is 0 Å². The lowest BCUT2D eigenvalue weighted by molar-refractivity contribution is 0.379. The monoisotopic (exact) mass is 193 g/mol. The van der Waals surface area contributed by atoms with Crippen molar-refractivity contribution in [1.29, 1.82) is 0 Å². The number of fused-ring (bicyclic) bond motifs is 1. The Hall–Kier alpha value is -0.760. The molecule has 78 valence electrons. The van der Waals surface area contributed by atoms with Crippen molar-refractivity contribution in [2.24, 2.45) is 11.7 Å². The van der Waals surface area contributed by atoms with Gasteiger partial charge in [0.2, 0.25) is 0 Å². The number of rotatable bonds is 2. The number of hydrogen-bond donors (Lipinski definition) is 1. The molecule has 0 amide bonds. The maximum Gasteiger partial charge on any atom is 0.107 e. The summed E-state index contributed by atoms with van der Waals surface area (Å²) in [4.78, 5) is 0. The zero-order valence-corrected chi connectivity index (χ0v) is 9.05. The molecule has 2 heteroatoms. The fraction of sp³-hybridized carbons (Fsp3) is 0.667. The lowest BCUT2D eigenvalue weighted by atomic mass is 9.79. The Morgan fingerprint density at radius 3 is 3.14 bits per heavy atom. The van der Waals surface area contributed by atoms with Crippen LogP contribution in [0.2, 0.25) is 0 Å². The van der Waals surface area contributed by atoms with E-state index in [1.165, 1.54) is 24.2 Å². The first kappa shape index (κ1) is 9.78. The second kappa shape index (κ2) is 3.77. The number of nitrogens with two attached hydrogens (primary N) is 1. The topological polar surface area (TPSA) is 39.2 Å². The van der Waals surface area contributed by atoms with Gasteiger partial charge >= 0.3 is 0 Å². The number of hydrogen-bond acceptors (Lipinski definition) is 2. The molecule has 1 heterocycles. The maximum atomic E-state index is 5.74. The Bertz CT molecular complexity index is 316. The Kier molecular flexibility index (Phi) is 2.64. The first-order chi connectivity index (χ1) is 6.72. The molecule has 1 aromatic rings. The van der Waals surface area contributed by atoms with Crippen molar-refractivity contribution in [2.45, 2.75) is 39.0 Å². The standard InChI is InChI=1S/C12H19NO/c1-8(7-13)10-4-3-5-12-11(10)6-9(2)14-12/h6,8,10H,3-5,7,13H2,1-2H3. The predicted octanol–water partition coefficient (Wildman–Crippen LogP) is 2.60. The van der Waals surface area contributed by atoms with E-state index in [2.05, 4.69) is 13.0 Å². The largest absolute Gasteiger partial charge is 0.466 e. The van der Waals surface area contributed by atoms with Gasteiger partial charge in [0.1, 0.15) is 11.5 Å². The van der Waals surface area contributed by atoms with Gasteiger partial charge in [-0.25, -0.2) is 0 Å². The van der Waals surface area contributed by atoms with Gasteiger partial charge in [0.05, 0.1) is 0 Å². The van der Waals surface area contributed by atoms with Gasteiger partial charge in [-0.15, -0.1) is 0 Å². The molecule has 1 aromatic heterocycles. The van der Waals surface area contributed by atoms with E-state index < -0.39 is 0 Å². The summed E-state index contributed by atoms with van der Waals surface area (Å²) in [7, 11) is 0. The van der Waals surface area contributed by atoms with Crippen LogP contribution in [0.25, 0.3) is 0 Å². The van der Waals surface area contributed by atoms with Crippen molar-refractivity contribution in [3.05, 3.63) is 23.2 Å². The number of furan rings is 1. The van der Waals surface area contributed by atoms with Crippen LogP contribution in [0.4, 0.5) is 0 Å². The SMILES string of the molecule is Cc1cc2c(o1)CCCC2C(C)CN. The van der Waals surface area contributed by atoms with E-state index in [1.54, 1.807) is 0 Å². The van der Waals surface area contributed by atoms with Crippen molar-refractivity contribution in [1.82, 2.24) is 0 Å². The van der Waals surface area contributed by atoms with Gasteiger partial charge in [0, 0.05) is 6.42 Å². The molecular formula is C12H19NO. The summed E-state index contributed by atoms with van der Waals surface area (Å²) in [6.07, 6.45) is 3.62. The van der Waals surface area contributed by atoms with E-state index in [4.69, 9.17) is 10.2 Å². The molecule has 0 saturated heterocycles. The molecule has 2 N–H and O–H groups in total.